The molecule has 3 N–H and O–H groups in total. The van der Waals surface area contributed by atoms with Crippen molar-refractivity contribution in [1.29, 1.82) is 0 Å². The Balaban J connectivity index is 0.000000375. The number of amides is 1. The molecule has 10 heteroatoms. The van der Waals surface area contributed by atoms with Gasteiger partial charge in [-0.25, -0.2) is 8.78 Å². The molecule has 0 radical (unpaired) electrons. The number of fused-ring (bicyclic) bond motifs is 1. The number of nitrogens with one attached hydrogen (secondary N) is 2. The first-order valence-corrected chi connectivity index (χ1v) is 13.0. The molecule has 0 aliphatic rings. The summed E-state index contributed by atoms with van der Waals surface area (Å²) >= 11 is 1.10. The van der Waals surface area contributed by atoms with E-state index in [1.807, 2.05) is 18.2 Å². The van der Waals surface area contributed by atoms with Gasteiger partial charge >= 0.3 is 0 Å². The minimum atomic E-state index is -0.709. The second-order valence-corrected chi connectivity index (χ2v) is 9.38. The van der Waals surface area contributed by atoms with Gasteiger partial charge in [0.15, 0.2) is 6.61 Å². The Morgan fingerprint density at radius 1 is 1.05 bits per heavy atom. The summed E-state index contributed by atoms with van der Waals surface area (Å²) in [5.41, 5.74) is 4.46. The van der Waals surface area contributed by atoms with Crippen LogP contribution in [0.1, 0.15) is 30.5 Å². The third kappa shape index (κ3) is 9.13. The highest BCUT2D eigenvalue weighted by atomic mass is 32.1. The molecule has 1 aromatic heterocycles. The third-order valence-electron chi connectivity index (χ3n) is 5.66. The summed E-state index contributed by atoms with van der Waals surface area (Å²) in [5, 5.41) is 16.3. The number of ether oxygens (including phenoxy) is 1. The Morgan fingerprint density at radius 3 is 2.47 bits per heavy atom. The number of rotatable bonds is 10. The fourth-order valence-corrected chi connectivity index (χ4v) is 4.17. The van der Waals surface area contributed by atoms with E-state index in [-0.39, 0.29) is 12.5 Å². The summed E-state index contributed by atoms with van der Waals surface area (Å²) in [4.78, 5) is 12.2. The van der Waals surface area contributed by atoms with Crippen LogP contribution in [-0.4, -0.2) is 45.1 Å². The van der Waals surface area contributed by atoms with E-state index in [4.69, 9.17) is 4.74 Å². The summed E-state index contributed by atoms with van der Waals surface area (Å²) in [6.45, 7) is 6.44. The Kier molecular flexibility index (Phi) is 11.1. The lowest BCUT2D eigenvalue weighted by atomic mass is 10.1. The van der Waals surface area contributed by atoms with Gasteiger partial charge in [0.1, 0.15) is 28.4 Å². The summed E-state index contributed by atoms with van der Waals surface area (Å²) in [7, 11) is 0. The number of nitrogens with zero attached hydrogens (tertiary/aromatic N) is 2. The summed E-state index contributed by atoms with van der Waals surface area (Å²) in [5.74, 6) is -0.817. The van der Waals surface area contributed by atoms with Crippen molar-refractivity contribution in [2.24, 2.45) is 0 Å². The number of aromatic nitrogens is 2. The van der Waals surface area contributed by atoms with Gasteiger partial charge in [0.05, 0.1) is 23.9 Å². The first kappa shape index (κ1) is 29.1. The molecule has 3 aromatic carbocycles. The zero-order valence-electron chi connectivity index (χ0n) is 21.6. The van der Waals surface area contributed by atoms with Crippen LogP contribution in [0.2, 0.25) is 0 Å². The van der Waals surface area contributed by atoms with Crippen LogP contribution in [0.5, 0.6) is 5.75 Å². The van der Waals surface area contributed by atoms with Crippen LogP contribution in [0.3, 0.4) is 0 Å². The van der Waals surface area contributed by atoms with Crippen LogP contribution in [0.4, 0.5) is 8.78 Å². The molecule has 0 saturated heterocycles. The van der Waals surface area contributed by atoms with E-state index in [1.54, 1.807) is 19.9 Å². The number of hydrogen-bond acceptors (Lipinski definition) is 7. The largest absolute Gasteiger partial charge is 0.481 e. The summed E-state index contributed by atoms with van der Waals surface area (Å²) in [6.07, 6.45) is 0.286. The molecule has 1 amide bonds. The van der Waals surface area contributed by atoms with Crippen LogP contribution < -0.4 is 15.4 Å². The average Bonchev–Trinajstić information content (AvgIpc) is 3.37. The molecule has 0 bridgehead atoms. The fraction of sp³-hybridized carbons (Fsp3) is 0.321. The third-order valence-corrected chi connectivity index (χ3v) is 6.21. The van der Waals surface area contributed by atoms with Gasteiger partial charge in [-0.05, 0) is 61.2 Å². The van der Waals surface area contributed by atoms with Crippen molar-refractivity contribution in [1.82, 2.24) is 19.4 Å². The second-order valence-electron chi connectivity index (χ2n) is 8.85. The first-order chi connectivity index (χ1) is 18.2. The zero-order chi connectivity index (χ0) is 27.5. The Hall–Kier alpha value is -3.47. The van der Waals surface area contributed by atoms with Crippen LogP contribution in [0, 0.1) is 18.6 Å². The van der Waals surface area contributed by atoms with E-state index < -0.39 is 23.8 Å². The molecule has 0 aliphatic heterocycles. The quantitative estimate of drug-likeness (QED) is 0.272. The number of carbonyl (C=O) groups is 1. The molecule has 4 aromatic rings. The number of hydrogen-bond donors (Lipinski definition) is 3. The Morgan fingerprint density at radius 2 is 1.76 bits per heavy atom. The predicted octanol–water partition coefficient (Wildman–Crippen LogP) is 4.56. The van der Waals surface area contributed by atoms with Crippen molar-refractivity contribution in [2.45, 2.75) is 45.9 Å². The smallest absolute Gasteiger partial charge is 0.258 e. The number of halogens is 2. The fourth-order valence-electron chi connectivity index (χ4n) is 3.63. The normalized spacial score (nSPS) is 12.4. The topological polar surface area (TPSA) is 96.4 Å². The number of benzene rings is 3. The van der Waals surface area contributed by atoms with E-state index in [9.17, 15) is 18.7 Å². The molecule has 7 nitrogen and oxygen atoms in total. The van der Waals surface area contributed by atoms with Gasteiger partial charge in [-0.1, -0.05) is 37.3 Å². The molecule has 38 heavy (non-hydrogen) atoms. The van der Waals surface area contributed by atoms with Crippen LogP contribution in [-0.2, 0) is 17.8 Å². The SMILES string of the molecule is CCc1cccc(CNCC(O)C(C)NC(=O)COc2cccc3nsnc23)c1.Cc1cc(F)cc(F)c1. The van der Waals surface area contributed by atoms with Crippen molar-refractivity contribution in [2.75, 3.05) is 13.2 Å². The van der Waals surface area contributed by atoms with E-state index >= 15 is 0 Å². The van der Waals surface area contributed by atoms with Crippen molar-refractivity contribution < 1.29 is 23.4 Å². The molecule has 2 unspecified atom stereocenters. The maximum atomic E-state index is 12.2. The van der Waals surface area contributed by atoms with E-state index in [0.717, 1.165) is 29.7 Å². The molecule has 4 rings (SSSR count). The molecular formula is C28H32F2N4O3S. The molecule has 202 valence electrons. The molecule has 0 spiro atoms. The van der Waals surface area contributed by atoms with Crippen LogP contribution >= 0.6 is 11.7 Å². The highest BCUT2D eigenvalue weighted by Crippen LogP contribution is 2.23. The molecule has 0 aliphatic carbocycles. The van der Waals surface area contributed by atoms with E-state index in [0.29, 0.717) is 29.9 Å². The molecule has 2 atom stereocenters. The minimum absolute atomic E-state index is 0.148. The van der Waals surface area contributed by atoms with Crippen molar-refractivity contribution >= 4 is 28.7 Å². The van der Waals surface area contributed by atoms with Crippen LogP contribution in [0.25, 0.3) is 11.0 Å². The zero-order valence-corrected chi connectivity index (χ0v) is 22.4. The number of aliphatic hydroxyl groups is 1. The van der Waals surface area contributed by atoms with E-state index in [2.05, 4.69) is 44.5 Å². The monoisotopic (exact) mass is 542 g/mol. The van der Waals surface area contributed by atoms with Gasteiger partial charge in [0.25, 0.3) is 5.91 Å². The van der Waals surface area contributed by atoms with Crippen molar-refractivity contribution in [3.63, 3.8) is 0 Å². The predicted molar refractivity (Wildman–Crippen MR) is 145 cm³/mol. The maximum absolute atomic E-state index is 12.2. The minimum Gasteiger partial charge on any atom is -0.481 e. The lowest BCUT2D eigenvalue weighted by Gasteiger charge is -2.21. The standard InChI is InChI=1S/C21H26N4O3S.C7H6F2/c1-3-15-6-4-7-16(10-15)11-22-12-18(26)14(2)23-20(27)13-28-19-9-5-8-17-21(19)25-29-24-17;1-5-2-6(8)4-7(9)3-5/h4-10,14,18,22,26H,3,11-13H2,1-2H3,(H,23,27);2-4H,1H3. The summed E-state index contributed by atoms with van der Waals surface area (Å²) in [6, 6.07) is 16.8. The van der Waals surface area contributed by atoms with Gasteiger partial charge in [-0.2, -0.15) is 8.75 Å². The Bertz CT molecular complexity index is 1280. The number of aliphatic hydroxyl groups excluding tert-OH is 1. The van der Waals surface area contributed by atoms with Gasteiger partial charge in [0, 0.05) is 19.2 Å². The van der Waals surface area contributed by atoms with Crippen molar-refractivity contribution in [3.05, 3.63) is 89.0 Å². The Labute approximate surface area is 225 Å². The second kappa shape index (κ2) is 14.5. The summed E-state index contributed by atoms with van der Waals surface area (Å²) < 4.78 is 38.3. The number of aryl methyl sites for hydroxylation is 2. The first-order valence-electron chi connectivity index (χ1n) is 12.3. The highest BCUT2D eigenvalue weighted by Gasteiger charge is 2.17. The van der Waals surface area contributed by atoms with Crippen molar-refractivity contribution in [3.8, 4) is 5.75 Å². The molecule has 0 saturated carbocycles. The maximum Gasteiger partial charge on any atom is 0.258 e. The molecule has 0 fully saturated rings. The molecule has 1 heterocycles. The average molecular weight is 543 g/mol. The molecular weight excluding hydrogens is 510 g/mol. The lowest BCUT2D eigenvalue weighted by molar-refractivity contribution is -0.124. The highest BCUT2D eigenvalue weighted by molar-refractivity contribution is 7.00. The lowest BCUT2D eigenvalue weighted by Crippen LogP contribution is -2.46. The van der Waals surface area contributed by atoms with Gasteiger partial charge in [-0.15, -0.1) is 0 Å². The van der Waals surface area contributed by atoms with Gasteiger partial charge in [-0.3, -0.25) is 4.79 Å². The number of carbonyl (C=O) groups excluding carboxylic acids is 1. The van der Waals surface area contributed by atoms with E-state index in [1.165, 1.54) is 23.3 Å². The van der Waals surface area contributed by atoms with Gasteiger partial charge < -0.3 is 20.5 Å². The van der Waals surface area contributed by atoms with Gasteiger partial charge in [0.2, 0.25) is 0 Å². The van der Waals surface area contributed by atoms with Crippen LogP contribution in [0.15, 0.2) is 60.7 Å².